The van der Waals surface area contributed by atoms with Crippen molar-refractivity contribution in [2.45, 2.75) is 31.3 Å². The van der Waals surface area contributed by atoms with Crippen molar-refractivity contribution >= 4 is 15.9 Å². The van der Waals surface area contributed by atoms with Gasteiger partial charge >= 0.3 is 0 Å². The Morgan fingerprint density at radius 3 is 2.54 bits per heavy atom. The predicted octanol–water partition coefficient (Wildman–Crippen LogP) is 2.64. The van der Waals surface area contributed by atoms with E-state index >= 15 is 0 Å². The molecule has 1 aromatic carbocycles. The molecule has 35 heavy (non-hydrogen) atoms. The lowest BCUT2D eigenvalue weighted by molar-refractivity contribution is -0.126. The van der Waals surface area contributed by atoms with E-state index in [2.05, 4.69) is 15.3 Å². The first-order valence-corrected chi connectivity index (χ1v) is 12.7. The summed E-state index contributed by atoms with van der Waals surface area (Å²) in [4.78, 5) is 21.1. The van der Waals surface area contributed by atoms with E-state index in [0.29, 0.717) is 42.6 Å². The van der Waals surface area contributed by atoms with Crippen molar-refractivity contribution in [3.05, 3.63) is 60.2 Å². The maximum Gasteiger partial charge on any atom is 0.262 e. The second kappa shape index (κ2) is 10.4. The van der Waals surface area contributed by atoms with Crippen LogP contribution in [0.5, 0.6) is 17.4 Å². The zero-order chi connectivity index (χ0) is 25.0. The Labute approximate surface area is 205 Å². The summed E-state index contributed by atoms with van der Waals surface area (Å²) >= 11 is 0. The summed E-state index contributed by atoms with van der Waals surface area (Å²) in [6.45, 7) is 2.66. The minimum Gasteiger partial charge on any atom is -0.497 e. The van der Waals surface area contributed by atoms with Crippen molar-refractivity contribution in [1.29, 1.82) is 0 Å². The third kappa shape index (κ3) is 5.80. The average Bonchev–Trinajstić information content (AvgIpc) is 3.22. The Kier molecular flexibility index (Phi) is 7.37. The average molecular weight is 500 g/mol. The molecule has 0 radical (unpaired) electrons. The number of aryl methyl sites for hydroxylation is 2. The molecule has 0 aliphatic carbocycles. The first-order valence-electron chi connectivity index (χ1n) is 11.3. The summed E-state index contributed by atoms with van der Waals surface area (Å²) < 4.78 is 39.7. The Morgan fingerprint density at radius 1 is 1.17 bits per heavy atom. The van der Waals surface area contributed by atoms with Gasteiger partial charge in [-0.25, -0.2) is 18.4 Å². The van der Waals surface area contributed by atoms with Gasteiger partial charge in [-0.15, -0.1) is 0 Å². The first-order chi connectivity index (χ1) is 16.8. The molecule has 1 saturated heterocycles. The molecule has 0 unspecified atom stereocenters. The van der Waals surface area contributed by atoms with E-state index in [0.717, 1.165) is 5.56 Å². The maximum atomic E-state index is 12.8. The van der Waals surface area contributed by atoms with E-state index in [1.165, 1.54) is 10.5 Å². The summed E-state index contributed by atoms with van der Waals surface area (Å²) in [7, 11) is -0.306. The molecule has 4 rings (SSSR count). The Morgan fingerprint density at radius 2 is 1.91 bits per heavy atom. The molecule has 186 valence electrons. The van der Waals surface area contributed by atoms with E-state index in [-0.39, 0.29) is 29.9 Å². The number of hydrogen-bond acceptors (Lipinski definition) is 7. The minimum atomic E-state index is -3.66. The highest BCUT2D eigenvalue weighted by molar-refractivity contribution is 7.89. The molecule has 3 aromatic rings. The number of aromatic nitrogens is 3. The lowest BCUT2D eigenvalue weighted by Gasteiger charge is -2.29. The molecule has 1 amide bonds. The van der Waals surface area contributed by atoms with Crippen LogP contribution in [-0.4, -0.2) is 53.4 Å². The number of pyridine rings is 1. The number of amides is 1. The number of carbonyl (C=O) groups is 1. The number of benzene rings is 1. The fraction of sp³-hybridized carbons (Fsp3) is 0.375. The van der Waals surface area contributed by atoms with Gasteiger partial charge in [-0.1, -0.05) is 12.1 Å². The number of sulfonamides is 1. The highest BCUT2D eigenvalue weighted by Crippen LogP contribution is 2.25. The van der Waals surface area contributed by atoms with Crippen molar-refractivity contribution < 1.29 is 22.7 Å². The number of rotatable bonds is 8. The summed E-state index contributed by atoms with van der Waals surface area (Å²) in [6, 6.07) is 10.8. The summed E-state index contributed by atoms with van der Waals surface area (Å²) in [6.07, 6.45) is 4.09. The molecule has 11 heteroatoms. The lowest BCUT2D eigenvalue weighted by Crippen LogP contribution is -2.43. The monoisotopic (exact) mass is 499 g/mol. The quantitative estimate of drug-likeness (QED) is 0.507. The van der Waals surface area contributed by atoms with Crippen LogP contribution < -0.4 is 14.8 Å². The molecule has 10 nitrogen and oxygen atoms in total. The SMILES string of the molecule is COc1cccc(Oc2ccc(CNC(=O)C3CCN(S(=O)(=O)c4cn(C)c(C)n4)CC3)cn2)c1. The number of nitrogens with zero attached hydrogens (tertiary/aromatic N) is 4. The summed E-state index contributed by atoms with van der Waals surface area (Å²) in [5.74, 6) is 2.04. The molecule has 0 bridgehead atoms. The zero-order valence-corrected chi connectivity index (χ0v) is 20.8. The smallest absolute Gasteiger partial charge is 0.262 e. The standard InChI is InChI=1S/C24H29N5O5S/c1-17-27-23(16-28(17)2)35(31,32)29-11-9-19(10-12-29)24(30)26-15-18-7-8-22(25-14-18)34-21-6-4-5-20(13-21)33-3/h4-8,13-14,16,19H,9-12,15H2,1-3H3,(H,26,30). The van der Waals surface area contributed by atoms with Gasteiger partial charge in [-0.3, -0.25) is 4.79 Å². The van der Waals surface area contributed by atoms with Crippen molar-refractivity contribution in [2.24, 2.45) is 13.0 Å². The lowest BCUT2D eigenvalue weighted by atomic mass is 9.97. The number of nitrogens with one attached hydrogen (secondary N) is 1. The summed E-state index contributed by atoms with van der Waals surface area (Å²) in [5.41, 5.74) is 0.835. The Bertz CT molecular complexity index is 1260. The van der Waals surface area contributed by atoms with Gasteiger partial charge in [0.1, 0.15) is 17.3 Å². The fourth-order valence-corrected chi connectivity index (χ4v) is 5.33. The summed E-state index contributed by atoms with van der Waals surface area (Å²) in [5, 5.41) is 2.98. The van der Waals surface area contributed by atoms with Crippen LogP contribution in [0.3, 0.4) is 0 Å². The molecule has 1 N–H and O–H groups in total. The van der Waals surface area contributed by atoms with Gasteiger partial charge in [0.2, 0.25) is 11.8 Å². The maximum absolute atomic E-state index is 12.8. The van der Waals surface area contributed by atoms with Gasteiger partial charge in [0.05, 0.1) is 7.11 Å². The Balaban J connectivity index is 1.26. The van der Waals surface area contributed by atoms with E-state index in [1.807, 2.05) is 24.3 Å². The molecule has 1 fully saturated rings. The minimum absolute atomic E-state index is 0.0479. The predicted molar refractivity (Wildman–Crippen MR) is 129 cm³/mol. The number of piperidine rings is 1. The van der Waals surface area contributed by atoms with Gasteiger partial charge in [0.15, 0.2) is 5.03 Å². The van der Waals surface area contributed by atoms with Crippen LogP contribution in [0.4, 0.5) is 0 Å². The largest absolute Gasteiger partial charge is 0.497 e. The Hall–Kier alpha value is -3.44. The molecule has 3 heterocycles. The van der Waals surface area contributed by atoms with Crippen molar-refractivity contribution in [3.8, 4) is 17.4 Å². The van der Waals surface area contributed by atoms with Crippen molar-refractivity contribution in [2.75, 3.05) is 20.2 Å². The van der Waals surface area contributed by atoms with Crippen LogP contribution in [0, 0.1) is 12.8 Å². The van der Waals surface area contributed by atoms with E-state index in [1.54, 1.807) is 44.0 Å². The number of ether oxygens (including phenoxy) is 2. The highest BCUT2D eigenvalue weighted by atomic mass is 32.2. The molecule has 0 saturated carbocycles. The molecular formula is C24H29N5O5S. The van der Waals surface area contributed by atoms with E-state index in [4.69, 9.17) is 9.47 Å². The van der Waals surface area contributed by atoms with Crippen molar-refractivity contribution in [3.63, 3.8) is 0 Å². The van der Waals surface area contributed by atoms with E-state index in [9.17, 15) is 13.2 Å². The first kappa shape index (κ1) is 24.7. The number of imidazole rings is 1. The van der Waals surface area contributed by atoms with Crippen LogP contribution in [-0.2, 0) is 28.4 Å². The molecule has 2 aromatic heterocycles. The van der Waals surface area contributed by atoms with Crippen LogP contribution >= 0.6 is 0 Å². The van der Waals surface area contributed by atoms with Gasteiger partial charge in [0.25, 0.3) is 10.0 Å². The molecule has 0 atom stereocenters. The van der Waals surface area contributed by atoms with Gasteiger partial charge in [-0.05, 0) is 37.5 Å². The van der Waals surface area contributed by atoms with Crippen LogP contribution in [0.25, 0.3) is 0 Å². The fourth-order valence-electron chi connectivity index (χ4n) is 3.84. The normalized spacial score (nSPS) is 15.1. The van der Waals surface area contributed by atoms with E-state index < -0.39 is 10.0 Å². The van der Waals surface area contributed by atoms with Gasteiger partial charge < -0.3 is 19.4 Å². The number of carbonyl (C=O) groups excluding carboxylic acids is 1. The zero-order valence-electron chi connectivity index (χ0n) is 20.0. The molecule has 0 spiro atoms. The molecular weight excluding hydrogens is 470 g/mol. The van der Waals surface area contributed by atoms with Crippen LogP contribution in [0.1, 0.15) is 24.2 Å². The molecule has 1 aliphatic heterocycles. The number of methoxy groups -OCH3 is 1. The van der Waals surface area contributed by atoms with Crippen molar-refractivity contribution in [1.82, 2.24) is 24.2 Å². The molecule has 1 aliphatic rings. The van der Waals surface area contributed by atoms with Crippen LogP contribution in [0.2, 0.25) is 0 Å². The van der Waals surface area contributed by atoms with Crippen LogP contribution in [0.15, 0.2) is 53.8 Å². The second-order valence-electron chi connectivity index (χ2n) is 8.42. The van der Waals surface area contributed by atoms with Gasteiger partial charge in [0, 0.05) is 57.1 Å². The second-order valence-corrected chi connectivity index (χ2v) is 10.3. The topological polar surface area (TPSA) is 116 Å². The third-order valence-corrected chi connectivity index (χ3v) is 7.81. The highest BCUT2D eigenvalue weighted by Gasteiger charge is 2.33. The third-order valence-electron chi connectivity index (χ3n) is 6.04. The number of hydrogen-bond donors (Lipinski definition) is 1. The van der Waals surface area contributed by atoms with Gasteiger partial charge in [-0.2, -0.15) is 4.31 Å².